The van der Waals surface area contributed by atoms with Crippen molar-refractivity contribution < 1.29 is 9.09 Å². The number of rotatable bonds is 2. The smallest absolute Gasteiger partial charge is 0.266 e. The Bertz CT molecular complexity index is 901. The summed E-state index contributed by atoms with van der Waals surface area (Å²) in [5.74, 6) is 0.780. The van der Waals surface area contributed by atoms with Gasteiger partial charge in [0.15, 0.2) is 0 Å². The fourth-order valence-corrected chi connectivity index (χ4v) is 4.37. The Morgan fingerprint density at radius 2 is 1.65 bits per heavy atom. The molecule has 0 N–H and O–H groups in total. The molecule has 0 fully saturated rings. The zero-order valence-corrected chi connectivity index (χ0v) is 13.9. The maximum atomic E-state index is 12.5. The van der Waals surface area contributed by atoms with Gasteiger partial charge in [0.25, 0.3) is 8.03 Å². The highest BCUT2D eigenvalue weighted by Crippen LogP contribution is 2.45. The molecule has 1 unspecified atom stereocenters. The summed E-state index contributed by atoms with van der Waals surface area (Å²) in [5.41, 5.74) is 5.60. The molecule has 0 bridgehead atoms. The molecule has 0 radical (unpaired) electrons. The van der Waals surface area contributed by atoms with Gasteiger partial charge in [0.2, 0.25) is 0 Å². The van der Waals surface area contributed by atoms with Crippen LogP contribution in [-0.4, -0.2) is 0 Å². The predicted molar refractivity (Wildman–Crippen MR) is 95.1 cm³/mol. The highest BCUT2D eigenvalue weighted by atomic mass is 31.1. The predicted octanol–water partition coefficient (Wildman–Crippen LogP) is 4.75. The van der Waals surface area contributed by atoms with Crippen LogP contribution in [0.2, 0.25) is 0 Å². The largest absolute Gasteiger partial charge is 0.441 e. The second-order valence-electron chi connectivity index (χ2n) is 5.90. The van der Waals surface area contributed by atoms with Crippen molar-refractivity contribution in [1.82, 2.24) is 0 Å². The van der Waals surface area contributed by atoms with Crippen LogP contribution in [0.4, 0.5) is 0 Å². The van der Waals surface area contributed by atoms with Crippen molar-refractivity contribution in [1.29, 1.82) is 0 Å². The number of hydrogen-bond donors (Lipinski definition) is 0. The first kappa shape index (κ1) is 14.3. The quantitative estimate of drug-likeness (QED) is 0.637. The fraction of sp³-hybridized carbons (Fsp3) is 0.100. The molecule has 23 heavy (non-hydrogen) atoms. The summed E-state index contributed by atoms with van der Waals surface area (Å²) in [6, 6.07) is 22.4. The van der Waals surface area contributed by atoms with E-state index >= 15 is 0 Å². The van der Waals surface area contributed by atoms with E-state index in [-0.39, 0.29) is 0 Å². The van der Waals surface area contributed by atoms with Crippen LogP contribution in [0.15, 0.2) is 66.7 Å². The van der Waals surface area contributed by atoms with E-state index in [1.807, 2.05) is 42.5 Å². The van der Waals surface area contributed by atoms with Crippen LogP contribution >= 0.6 is 8.03 Å². The number of benzene rings is 3. The Labute approximate surface area is 136 Å². The summed E-state index contributed by atoms with van der Waals surface area (Å²) in [6.07, 6.45) is 0.780. The lowest BCUT2D eigenvalue weighted by molar-refractivity contribution is 0.510. The lowest BCUT2D eigenvalue weighted by Gasteiger charge is -2.23. The average molecular weight is 320 g/mol. The van der Waals surface area contributed by atoms with Crippen molar-refractivity contribution in [2.75, 3.05) is 0 Å². The Morgan fingerprint density at radius 3 is 2.48 bits per heavy atom. The lowest BCUT2D eigenvalue weighted by Crippen LogP contribution is -2.11. The molecule has 3 aromatic carbocycles. The molecular weight excluding hydrogens is 303 g/mol. The van der Waals surface area contributed by atoms with E-state index in [0.717, 1.165) is 34.2 Å². The molecule has 0 spiro atoms. The second kappa shape index (κ2) is 5.72. The zero-order chi connectivity index (χ0) is 15.8. The fourth-order valence-electron chi connectivity index (χ4n) is 3.16. The summed E-state index contributed by atoms with van der Waals surface area (Å²) < 4.78 is 18.4. The van der Waals surface area contributed by atoms with Crippen LogP contribution in [0.3, 0.4) is 0 Å². The Balaban J connectivity index is 1.88. The monoisotopic (exact) mass is 320 g/mol. The van der Waals surface area contributed by atoms with Gasteiger partial charge in [-0.15, -0.1) is 0 Å². The third kappa shape index (κ3) is 2.60. The molecule has 3 aromatic rings. The minimum Gasteiger partial charge on any atom is -0.441 e. The molecule has 2 nitrogen and oxygen atoms in total. The molecule has 3 heteroatoms. The zero-order valence-electron chi connectivity index (χ0n) is 12.9. The Morgan fingerprint density at radius 1 is 0.913 bits per heavy atom. The normalized spacial score (nSPS) is 15.4. The van der Waals surface area contributed by atoms with Gasteiger partial charge in [0.05, 0.1) is 5.30 Å². The van der Waals surface area contributed by atoms with Crippen molar-refractivity contribution in [2.45, 2.75) is 13.3 Å². The molecule has 1 aliphatic heterocycles. The van der Waals surface area contributed by atoms with Crippen molar-refractivity contribution in [2.24, 2.45) is 0 Å². The third-order valence-corrected chi connectivity index (χ3v) is 5.44. The molecule has 1 aliphatic rings. The van der Waals surface area contributed by atoms with Gasteiger partial charge in [-0.3, -0.25) is 4.57 Å². The molecule has 1 heterocycles. The van der Waals surface area contributed by atoms with E-state index in [9.17, 15) is 4.57 Å². The average Bonchev–Trinajstić information content (AvgIpc) is 2.57. The Hall–Kier alpha value is -2.31. The maximum absolute atomic E-state index is 12.5. The van der Waals surface area contributed by atoms with E-state index in [2.05, 4.69) is 31.2 Å². The summed E-state index contributed by atoms with van der Waals surface area (Å²) in [5, 5.41) is 0.821. The van der Waals surface area contributed by atoms with Crippen molar-refractivity contribution in [3.63, 3.8) is 0 Å². The molecule has 1 atom stereocenters. The van der Waals surface area contributed by atoms with Gasteiger partial charge >= 0.3 is 0 Å². The van der Waals surface area contributed by atoms with Crippen LogP contribution in [0.25, 0.3) is 11.1 Å². The lowest BCUT2D eigenvalue weighted by atomic mass is 9.95. The van der Waals surface area contributed by atoms with Crippen molar-refractivity contribution in [3.8, 4) is 16.9 Å². The SMILES string of the molecule is Cc1cc(Cc2ccccc2)c2c(c1)-c1ccccc1[PH](=O)O2. The minimum absolute atomic E-state index is 0.780. The van der Waals surface area contributed by atoms with Crippen LogP contribution in [-0.2, 0) is 11.0 Å². The molecular formula is C20H17O2P. The van der Waals surface area contributed by atoms with Gasteiger partial charge in [0, 0.05) is 12.0 Å². The van der Waals surface area contributed by atoms with Crippen molar-refractivity contribution in [3.05, 3.63) is 83.4 Å². The summed E-state index contributed by atoms with van der Waals surface area (Å²) in [4.78, 5) is 0. The van der Waals surface area contributed by atoms with Gasteiger partial charge in [0.1, 0.15) is 5.75 Å². The standard InChI is InChI=1S/C20H17O2P/c1-14-11-16(13-15-7-3-2-4-8-15)20-18(12-14)17-9-5-6-10-19(17)23(21)22-20/h2-12,23H,13H2,1H3. The van der Waals surface area contributed by atoms with Crippen LogP contribution < -0.4 is 9.83 Å². The second-order valence-corrected chi connectivity index (χ2v) is 7.22. The molecule has 0 amide bonds. The summed E-state index contributed by atoms with van der Waals surface area (Å²) in [7, 11) is -2.24. The summed E-state index contributed by atoms with van der Waals surface area (Å²) in [6.45, 7) is 2.09. The maximum Gasteiger partial charge on any atom is 0.266 e. The molecule has 0 aliphatic carbocycles. The first-order valence-electron chi connectivity index (χ1n) is 7.71. The van der Waals surface area contributed by atoms with E-state index < -0.39 is 8.03 Å². The van der Waals surface area contributed by atoms with E-state index in [4.69, 9.17) is 4.52 Å². The highest BCUT2D eigenvalue weighted by Gasteiger charge is 2.24. The van der Waals surface area contributed by atoms with Crippen LogP contribution in [0, 0.1) is 6.92 Å². The summed E-state index contributed by atoms with van der Waals surface area (Å²) >= 11 is 0. The third-order valence-electron chi connectivity index (χ3n) is 4.18. The van der Waals surface area contributed by atoms with Crippen LogP contribution in [0.1, 0.15) is 16.7 Å². The first-order chi connectivity index (χ1) is 11.2. The van der Waals surface area contributed by atoms with E-state index in [1.54, 1.807) is 0 Å². The van der Waals surface area contributed by atoms with Crippen LogP contribution in [0.5, 0.6) is 5.75 Å². The first-order valence-corrected chi connectivity index (χ1v) is 9.03. The minimum atomic E-state index is -2.24. The molecule has 0 saturated carbocycles. The topological polar surface area (TPSA) is 26.3 Å². The molecule has 0 aromatic heterocycles. The number of hydrogen-bond acceptors (Lipinski definition) is 2. The molecule has 0 saturated heterocycles. The van der Waals surface area contributed by atoms with Gasteiger partial charge in [-0.2, -0.15) is 0 Å². The van der Waals surface area contributed by atoms with Gasteiger partial charge in [-0.25, -0.2) is 0 Å². The van der Waals surface area contributed by atoms with Gasteiger partial charge in [-0.05, 0) is 41.3 Å². The number of fused-ring (bicyclic) bond motifs is 3. The molecule has 114 valence electrons. The highest BCUT2D eigenvalue weighted by molar-refractivity contribution is 7.49. The molecule has 4 rings (SSSR count). The van der Waals surface area contributed by atoms with E-state index in [0.29, 0.717) is 0 Å². The Kier molecular flexibility index (Phi) is 3.55. The van der Waals surface area contributed by atoms with E-state index in [1.165, 1.54) is 11.1 Å². The number of aryl methyl sites for hydroxylation is 1. The van der Waals surface area contributed by atoms with Gasteiger partial charge < -0.3 is 4.52 Å². The van der Waals surface area contributed by atoms with Crippen molar-refractivity contribution >= 4 is 13.3 Å². The van der Waals surface area contributed by atoms with Gasteiger partial charge in [-0.1, -0.05) is 54.6 Å².